The topological polar surface area (TPSA) is 180 Å². The normalized spacial score (nSPS) is 9.87. The van der Waals surface area contributed by atoms with Gasteiger partial charge in [-0.1, -0.05) is 0 Å². The summed E-state index contributed by atoms with van der Waals surface area (Å²) < 4.78 is 9.72. The van der Waals surface area contributed by atoms with E-state index in [4.69, 9.17) is 20.9 Å². The molecule has 0 fully saturated rings. The Morgan fingerprint density at radius 1 is 0.633 bits per heavy atom. The third-order valence-electron chi connectivity index (χ3n) is 3.50. The lowest BCUT2D eigenvalue weighted by molar-refractivity contribution is -0.125. The molecule has 0 aliphatic heterocycles. The van der Waals surface area contributed by atoms with E-state index in [0.717, 1.165) is 0 Å². The van der Waals surface area contributed by atoms with E-state index in [9.17, 15) is 24.0 Å². The molecule has 0 heterocycles. The van der Waals surface area contributed by atoms with Gasteiger partial charge < -0.3 is 31.6 Å². The van der Waals surface area contributed by atoms with Crippen molar-refractivity contribution >= 4 is 41.2 Å². The van der Waals surface area contributed by atoms with Gasteiger partial charge in [0, 0.05) is 11.4 Å². The molecule has 0 saturated carbocycles. The van der Waals surface area contributed by atoms with E-state index in [2.05, 4.69) is 10.6 Å². The number of anilines is 2. The van der Waals surface area contributed by atoms with Gasteiger partial charge in [0.25, 0.3) is 0 Å². The molecule has 11 heteroatoms. The Kier molecular flexibility index (Phi) is 7.46. The van der Waals surface area contributed by atoms with Crippen molar-refractivity contribution in [1.29, 1.82) is 0 Å². The molecular weight excluding hydrogens is 396 g/mol. The number of hydrogen-bond donors (Lipinski definition) is 4. The first-order valence-electron chi connectivity index (χ1n) is 8.43. The number of ketones is 1. The molecule has 30 heavy (non-hydrogen) atoms. The maximum absolute atomic E-state index is 11.9. The summed E-state index contributed by atoms with van der Waals surface area (Å²) in [5.41, 5.74) is 11.0. The number of nitrogens with one attached hydrogen (secondary N) is 2. The molecule has 0 spiro atoms. The molecule has 0 radical (unpaired) electrons. The van der Waals surface area contributed by atoms with Crippen molar-refractivity contribution in [2.24, 2.45) is 11.5 Å². The van der Waals surface area contributed by atoms with Crippen LogP contribution in [0.15, 0.2) is 48.5 Å². The molecule has 0 atom stereocenters. The average molecular weight is 414 g/mol. The van der Waals surface area contributed by atoms with E-state index in [1.165, 1.54) is 48.5 Å². The molecule has 2 aromatic rings. The Morgan fingerprint density at radius 2 is 0.967 bits per heavy atom. The monoisotopic (exact) mass is 414 g/mol. The fourth-order valence-corrected chi connectivity index (χ4v) is 2.16. The number of Topliss-reactive ketones (excluding diaryl/α,β-unsaturated/α-hetero) is 1. The largest absolute Gasteiger partial charge is 0.454 e. The molecule has 2 rings (SSSR count). The number of primary amides is 2. The summed E-state index contributed by atoms with van der Waals surface area (Å²) in [6, 6.07) is 9.80. The minimum Gasteiger partial charge on any atom is -0.454 e. The molecule has 6 N–H and O–H groups in total. The van der Waals surface area contributed by atoms with Gasteiger partial charge in [-0.3, -0.25) is 4.79 Å². The fourth-order valence-electron chi connectivity index (χ4n) is 2.16. The number of rotatable bonds is 8. The van der Waals surface area contributed by atoms with Crippen LogP contribution in [0.2, 0.25) is 0 Å². The summed E-state index contributed by atoms with van der Waals surface area (Å²) in [6.45, 7) is -1.18. The van der Waals surface area contributed by atoms with Crippen molar-refractivity contribution < 1.29 is 33.4 Å². The number of esters is 2. The minimum atomic E-state index is -0.766. The highest BCUT2D eigenvalue weighted by Crippen LogP contribution is 2.11. The van der Waals surface area contributed by atoms with Crippen LogP contribution in [-0.4, -0.2) is 43.0 Å². The second-order valence-electron chi connectivity index (χ2n) is 5.82. The van der Waals surface area contributed by atoms with Crippen LogP contribution < -0.4 is 22.1 Å². The van der Waals surface area contributed by atoms with E-state index in [0.29, 0.717) is 11.4 Å². The van der Waals surface area contributed by atoms with E-state index in [-0.39, 0.29) is 11.1 Å². The minimum absolute atomic E-state index is 0.152. The SMILES string of the molecule is NC(=O)Nc1ccc(C(=O)OCC(=O)COC(=O)c2ccc(NC(N)=O)cc2)cc1. The second-order valence-corrected chi connectivity index (χ2v) is 5.82. The van der Waals surface area contributed by atoms with Crippen LogP contribution in [0.5, 0.6) is 0 Å². The van der Waals surface area contributed by atoms with Crippen LogP contribution in [0.3, 0.4) is 0 Å². The first kappa shape index (κ1) is 21.9. The first-order valence-corrected chi connectivity index (χ1v) is 8.43. The highest BCUT2D eigenvalue weighted by molar-refractivity contribution is 5.95. The van der Waals surface area contributed by atoms with E-state index < -0.39 is 43.0 Å². The Balaban J connectivity index is 1.77. The number of hydrogen-bond acceptors (Lipinski definition) is 7. The summed E-state index contributed by atoms with van der Waals surface area (Å²) in [4.78, 5) is 57.1. The van der Waals surface area contributed by atoms with Gasteiger partial charge >= 0.3 is 24.0 Å². The maximum Gasteiger partial charge on any atom is 0.338 e. The molecule has 0 aromatic heterocycles. The van der Waals surface area contributed by atoms with Crippen LogP contribution in [0.25, 0.3) is 0 Å². The lowest BCUT2D eigenvalue weighted by Crippen LogP contribution is -2.21. The summed E-state index contributed by atoms with van der Waals surface area (Å²) >= 11 is 0. The zero-order valence-corrected chi connectivity index (χ0v) is 15.5. The summed E-state index contributed by atoms with van der Waals surface area (Å²) in [7, 11) is 0. The van der Waals surface area contributed by atoms with Crippen molar-refractivity contribution in [2.45, 2.75) is 0 Å². The highest BCUT2D eigenvalue weighted by atomic mass is 16.6. The third-order valence-corrected chi connectivity index (χ3v) is 3.50. The molecule has 11 nitrogen and oxygen atoms in total. The van der Waals surface area contributed by atoms with Crippen LogP contribution >= 0.6 is 0 Å². The lowest BCUT2D eigenvalue weighted by Gasteiger charge is -2.07. The number of nitrogens with two attached hydrogens (primary N) is 2. The second kappa shape index (κ2) is 10.2. The first-order chi connectivity index (χ1) is 14.2. The van der Waals surface area contributed by atoms with Gasteiger partial charge in [-0.25, -0.2) is 19.2 Å². The van der Waals surface area contributed by atoms with Gasteiger partial charge in [-0.05, 0) is 48.5 Å². The van der Waals surface area contributed by atoms with Crippen LogP contribution in [0, 0.1) is 0 Å². The molecular formula is C19H18N4O7. The summed E-state index contributed by atoms with van der Waals surface area (Å²) in [5.74, 6) is -2.16. The summed E-state index contributed by atoms with van der Waals surface area (Å²) in [6.07, 6.45) is 0. The smallest absolute Gasteiger partial charge is 0.338 e. The number of amides is 4. The van der Waals surface area contributed by atoms with Crippen molar-refractivity contribution in [3.8, 4) is 0 Å². The van der Waals surface area contributed by atoms with Gasteiger partial charge in [0.15, 0.2) is 13.2 Å². The highest BCUT2D eigenvalue weighted by Gasteiger charge is 2.14. The van der Waals surface area contributed by atoms with Crippen molar-refractivity contribution in [2.75, 3.05) is 23.8 Å². The van der Waals surface area contributed by atoms with Gasteiger partial charge in [0.1, 0.15) is 0 Å². The van der Waals surface area contributed by atoms with E-state index in [1.54, 1.807) is 0 Å². The standard InChI is InChI=1S/C19H18N4O7/c20-18(27)22-13-5-1-11(2-6-13)16(25)29-9-15(24)10-30-17(26)12-3-7-14(8-4-12)23-19(21)28/h1-8H,9-10H2,(H3,20,22,27)(H3,21,23,28). The number of carbonyl (C=O) groups is 5. The van der Waals surface area contributed by atoms with Crippen molar-refractivity contribution in [3.05, 3.63) is 59.7 Å². The molecule has 0 aliphatic rings. The molecule has 2 aromatic carbocycles. The predicted molar refractivity (Wildman–Crippen MR) is 105 cm³/mol. The molecule has 4 amide bonds. The molecule has 156 valence electrons. The predicted octanol–water partition coefficient (Wildman–Crippen LogP) is 1.25. The van der Waals surface area contributed by atoms with Crippen LogP contribution in [-0.2, 0) is 14.3 Å². The Morgan fingerprint density at radius 3 is 1.27 bits per heavy atom. The van der Waals surface area contributed by atoms with Crippen LogP contribution in [0.4, 0.5) is 21.0 Å². The Labute approximate surface area is 170 Å². The zero-order valence-electron chi connectivity index (χ0n) is 15.5. The Hall–Kier alpha value is -4.41. The maximum atomic E-state index is 11.9. The lowest BCUT2D eigenvalue weighted by atomic mass is 10.2. The zero-order chi connectivity index (χ0) is 22.1. The number of benzene rings is 2. The van der Waals surface area contributed by atoms with Crippen molar-refractivity contribution in [3.63, 3.8) is 0 Å². The quantitative estimate of drug-likeness (QED) is 0.469. The molecule has 0 bridgehead atoms. The van der Waals surface area contributed by atoms with Crippen LogP contribution in [0.1, 0.15) is 20.7 Å². The molecule has 0 saturated heterocycles. The van der Waals surface area contributed by atoms with E-state index in [1.807, 2.05) is 0 Å². The van der Waals surface area contributed by atoms with Gasteiger partial charge in [-0.2, -0.15) is 0 Å². The van der Waals surface area contributed by atoms with Crippen molar-refractivity contribution in [1.82, 2.24) is 0 Å². The number of urea groups is 2. The molecule has 0 unspecified atom stereocenters. The Bertz CT molecular complexity index is 878. The van der Waals surface area contributed by atoms with Gasteiger partial charge in [0.05, 0.1) is 11.1 Å². The fraction of sp³-hybridized carbons (Fsp3) is 0.105. The summed E-state index contributed by atoms with van der Waals surface area (Å²) in [5, 5.41) is 4.67. The average Bonchev–Trinajstić information content (AvgIpc) is 2.70. The number of carbonyl (C=O) groups excluding carboxylic acids is 5. The van der Waals surface area contributed by atoms with Gasteiger partial charge in [-0.15, -0.1) is 0 Å². The third kappa shape index (κ3) is 6.96. The van der Waals surface area contributed by atoms with Gasteiger partial charge in [0.2, 0.25) is 5.78 Å². The molecule has 0 aliphatic carbocycles. The number of ether oxygens (including phenoxy) is 2. The van der Waals surface area contributed by atoms with E-state index >= 15 is 0 Å².